The maximum Gasteiger partial charge on any atom is 0.409 e. The van der Waals surface area contributed by atoms with Gasteiger partial charge in [-0.15, -0.1) is 11.3 Å². The Hall–Kier alpha value is -2.31. The SMILES string of the molecule is CCOC(=O)N1CCN(C(=O)Nc2sc3c(c2C#N)CC(C)(C)OC3)CC1. The average molecular weight is 392 g/mol. The second-order valence-corrected chi connectivity index (χ2v) is 8.25. The normalized spacial score (nSPS) is 18.4. The van der Waals surface area contributed by atoms with Crippen LogP contribution in [0.3, 0.4) is 0 Å². The Morgan fingerprint density at radius 3 is 2.59 bits per heavy atom. The summed E-state index contributed by atoms with van der Waals surface area (Å²) in [5, 5.41) is 13.0. The predicted octanol–water partition coefficient (Wildman–Crippen LogP) is 2.78. The van der Waals surface area contributed by atoms with Crippen molar-refractivity contribution in [2.75, 3.05) is 38.1 Å². The van der Waals surface area contributed by atoms with Gasteiger partial charge < -0.3 is 19.3 Å². The first-order valence-corrected chi connectivity index (χ1v) is 9.82. The molecule has 2 aliphatic heterocycles. The van der Waals surface area contributed by atoms with E-state index in [1.165, 1.54) is 11.3 Å². The zero-order valence-electron chi connectivity index (χ0n) is 15.8. The molecular formula is C18H24N4O4S. The zero-order valence-corrected chi connectivity index (χ0v) is 16.6. The lowest BCUT2D eigenvalue weighted by Gasteiger charge is -2.33. The number of hydrogen-bond donors (Lipinski definition) is 1. The number of rotatable bonds is 2. The monoisotopic (exact) mass is 392 g/mol. The molecule has 1 aromatic heterocycles. The molecule has 1 saturated heterocycles. The van der Waals surface area contributed by atoms with E-state index in [9.17, 15) is 14.9 Å². The summed E-state index contributed by atoms with van der Waals surface area (Å²) in [5.41, 5.74) is 1.19. The molecule has 0 saturated carbocycles. The van der Waals surface area contributed by atoms with E-state index in [0.29, 0.717) is 56.4 Å². The van der Waals surface area contributed by atoms with Crippen LogP contribution in [0, 0.1) is 11.3 Å². The quantitative estimate of drug-likeness (QED) is 0.835. The second kappa shape index (κ2) is 7.74. The number of amides is 3. The molecule has 8 nitrogen and oxygen atoms in total. The fraction of sp³-hybridized carbons (Fsp3) is 0.611. The summed E-state index contributed by atoms with van der Waals surface area (Å²) in [7, 11) is 0. The van der Waals surface area contributed by atoms with Gasteiger partial charge in [-0.2, -0.15) is 5.26 Å². The smallest absolute Gasteiger partial charge is 0.409 e. The van der Waals surface area contributed by atoms with Crippen molar-refractivity contribution in [3.8, 4) is 6.07 Å². The largest absolute Gasteiger partial charge is 0.450 e. The van der Waals surface area contributed by atoms with Crippen molar-refractivity contribution in [1.29, 1.82) is 5.26 Å². The molecule has 0 aliphatic carbocycles. The Bertz CT molecular complexity index is 775. The van der Waals surface area contributed by atoms with Gasteiger partial charge in [-0.3, -0.25) is 5.32 Å². The first kappa shape index (κ1) is 19.5. The van der Waals surface area contributed by atoms with Gasteiger partial charge in [-0.25, -0.2) is 9.59 Å². The van der Waals surface area contributed by atoms with Crippen LogP contribution >= 0.6 is 11.3 Å². The molecule has 1 aromatic rings. The number of urea groups is 1. The van der Waals surface area contributed by atoms with Gasteiger partial charge in [0.2, 0.25) is 0 Å². The molecule has 0 radical (unpaired) electrons. The molecule has 0 bridgehead atoms. The Kier molecular flexibility index (Phi) is 5.58. The lowest BCUT2D eigenvalue weighted by molar-refractivity contribution is -0.0383. The van der Waals surface area contributed by atoms with Crippen molar-refractivity contribution in [3.05, 3.63) is 16.0 Å². The van der Waals surface area contributed by atoms with E-state index in [-0.39, 0.29) is 17.7 Å². The standard InChI is InChI=1S/C18H24N4O4S/c1-4-25-17(24)22-7-5-21(6-8-22)16(23)20-15-13(10-19)12-9-18(2,3)26-11-14(12)27-15/h4-9,11H2,1-3H3,(H,20,23). The van der Waals surface area contributed by atoms with E-state index in [4.69, 9.17) is 9.47 Å². The Balaban J connectivity index is 1.65. The Morgan fingerprint density at radius 1 is 1.30 bits per heavy atom. The minimum atomic E-state index is -0.349. The van der Waals surface area contributed by atoms with E-state index in [1.807, 2.05) is 13.8 Å². The van der Waals surface area contributed by atoms with Gasteiger partial charge in [-0.05, 0) is 26.3 Å². The van der Waals surface area contributed by atoms with E-state index in [1.54, 1.807) is 16.7 Å². The molecule has 27 heavy (non-hydrogen) atoms. The molecule has 2 aliphatic rings. The number of ether oxygens (including phenoxy) is 2. The summed E-state index contributed by atoms with van der Waals surface area (Å²) in [5.74, 6) is 0. The molecule has 146 valence electrons. The highest BCUT2D eigenvalue weighted by Gasteiger charge is 2.32. The summed E-state index contributed by atoms with van der Waals surface area (Å²) >= 11 is 1.40. The average Bonchev–Trinajstić information content (AvgIpc) is 2.97. The van der Waals surface area contributed by atoms with E-state index in [0.717, 1.165) is 10.4 Å². The predicted molar refractivity (Wildman–Crippen MR) is 101 cm³/mol. The highest BCUT2D eigenvalue weighted by Crippen LogP contribution is 2.40. The van der Waals surface area contributed by atoms with Crippen molar-refractivity contribution in [2.24, 2.45) is 0 Å². The Morgan fingerprint density at radius 2 is 1.96 bits per heavy atom. The minimum Gasteiger partial charge on any atom is -0.450 e. The number of piperazine rings is 1. The molecule has 0 spiro atoms. The van der Waals surface area contributed by atoms with E-state index < -0.39 is 0 Å². The number of fused-ring (bicyclic) bond motifs is 1. The van der Waals surface area contributed by atoms with Gasteiger partial charge in [0, 0.05) is 37.5 Å². The third kappa shape index (κ3) is 4.17. The van der Waals surface area contributed by atoms with Gasteiger partial charge in [-0.1, -0.05) is 0 Å². The number of nitriles is 1. The van der Waals surface area contributed by atoms with Crippen LogP contribution in [0.4, 0.5) is 14.6 Å². The van der Waals surface area contributed by atoms with Crippen molar-refractivity contribution < 1.29 is 19.1 Å². The van der Waals surface area contributed by atoms with Gasteiger partial charge >= 0.3 is 12.1 Å². The van der Waals surface area contributed by atoms with Gasteiger partial charge in [0.05, 0.1) is 24.4 Å². The summed E-state index contributed by atoms with van der Waals surface area (Å²) < 4.78 is 10.8. The summed E-state index contributed by atoms with van der Waals surface area (Å²) in [6.07, 6.45) is 0.299. The molecule has 0 unspecified atom stereocenters. The molecule has 1 fully saturated rings. The molecule has 1 N–H and O–H groups in total. The van der Waals surface area contributed by atoms with Crippen molar-refractivity contribution in [1.82, 2.24) is 9.80 Å². The number of anilines is 1. The summed E-state index contributed by atoms with van der Waals surface area (Å²) in [6, 6.07) is 1.98. The molecule has 9 heteroatoms. The van der Waals surface area contributed by atoms with Crippen LogP contribution in [0.1, 0.15) is 36.8 Å². The number of thiophene rings is 1. The number of carbonyl (C=O) groups excluding carboxylic acids is 2. The topological polar surface area (TPSA) is 94.9 Å². The van der Waals surface area contributed by atoms with E-state index in [2.05, 4.69) is 11.4 Å². The molecule has 3 amide bonds. The van der Waals surface area contributed by atoms with Crippen LogP contribution in [0.15, 0.2) is 0 Å². The Labute approximate surface area is 162 Å². The number of nitrogens with zero attached hydrogens (tertiary/aromatic N) is 3. The van der Waals surface area contributed by atoms with Crippen LogP contribution in [-0.2, 0) is 22.5 Å². The van der Waals surface area contributed by atoms with Gasteiger partial charge in [0.1, 0.15) is 11.1 Å². The third-order valence-electron chi connectivity index (χ3n) is 4.71. The van der Waals surface area contributed by atoms with Crippen LogP contribution < -0.4 is 5.32 Å². The highest BCUT2D eigenvalue weighted by atomic mass is 32.1. The maximum absolute atomic E-state index is 12.6. The third-order valence-corrected chi connectivity index (χ3v) is 5.83. The summed E-state index contributed by atoms with van der Waals surface area (Å²) in [4.78, 5) is 28.6. The molecular weight excluding hydrogens is 368 g/mol. The first-order valence-electron chi connectivity index (χ1n) is 9.01. The second-order valence-electron chi connectivity index (χ2n) is 7.15. The zero-order chi connectivity index (χ0) is 19.6. The molecule has 3 heterocycles. The van der Waals surface area contributed by atoms with Gasteiger partial charge in [0.25, 0.3) is 0 Å². The maximum atomic E-state index is 12.6. The first-order chi connectivity index (χ1) is 12.8. The lowest BCUT2D eigenvalue weighted by Crippen LogP contribution is -2.51. The van der Waals surface area contributed by atoms with Crippen LogP contribution in [0.2, 0.25) is 0 Å². The van der Waals surface area contributed by atoms with Crippen LogP contribution in [0.25, 0.3) is 0 Å². The van der Waals surface area contributed by atoms with Crippen molar-refractivity contribution in [2.45, 2.75) is 39.4 Å². The number of hydrogen-bond acceptors (Lipinski definition) is 6. The number of nitrogens with one attached hydrogen (secondary N) is 1. The fourth-order valence-corrected chi connectivity index (χ4v) is 4.31. The van der Waals surface area contributed by atoms with Crippen molar-refractivity contribution in [3.63, 3.8) is 0 Å². The van der Waals surface area contributed by atoms with E-state index >= 15 is 0 Å². The van der Waals surface area contributed by atoms with Crippen LogP contribution in [0.5, 0.6) is 0 Å². The van der Waals surface area contributed by atoms with Crippen molar-refractivity contribution >= 4 is 28.5 Å². The molecule has 3 rings (SSSR count). The number of carbonyl (C=O) groups is 2. The van der Waals surface area contributed by atoms with Crippen LogP contribution in [-0.4, -0.2) is 60.3 Å². The molecule has 0 atom stereocenters. The molecule has 0 aromatic carbocycles. The minimum absolute atomic E-state index is 0.256. The van der Waals surface area contributed by atoms with Gasteiger partial charge in [0.15, 0.2) is 0 Å². The highest BCUT2D eigenvalue weighted by molar-refractivity contribution is 7.16. The summed E-state index contributed by atoms with van der Waals surface area (Å²) in [6.45, 7) is 8.26. The lowest BCUT2D eigenvalue weighted by atomic mass is 9.93. The fourth-order valence-electron chi connectivity index (χ4n) is 3.24.